The summed E-state index contributed by atoms with van der Waals surface area (Å²) >= 11 is 0. The third-order valence-electron chi connectivity index (χ3n) is 7.76. The van der Waals surface area contributed by atoms with E-state index in [-0.39, 0.29) is 11.7 Å². The normalized spacial score (nSPS) is 17.0. The molecule has 0 atom stereocenters. The molecule has 2 fully saturated rings. The number of likely N-dealkylation sites (N-methyl/N-ethyl adjacent to an activating group) is 1. The van der Waals surface area contributed by atoms with Crippen LogP contribution in [0.15, 0.2) is 48.5 Å². The summed E-state index contributed by atoms with van der Waals surface area (Å²) in [5.74, 6) is 1.29. The van der Waals surface area contributed by atoms with Crippen LogP contribution in [-0.2, 0) is 9.53 Å². The van der Waals surface area contributed by atoms with E-state index in [0.717, 1.165) is 101 Å². The maximum atomic E-state index is 13.6. The van der Waals surface area contributed by atoms with Crippen molar-refractivity contribution in [1.82, 2.24) is 24.7 Å². The number of halogens is 1. The first kappa shape index (κ1) is 27.4. The highest BCUT2D eigenvalue weighted by molar-refractivity contribution is 5.91. The average Bonchev–Trinajstić information content (AvgIpc) is 2.99. The molecule has 2 aromatic carbocycles. The number of morpholine rings is 1. The predicted octanol–water partition coefficient (Wildman–Crippen LogP) is 3.52. The van der Waals surface area contributed by atoms with Gasteiger partial charge in [0, 0.05) is 76.3 Å². The third kappa shape index (κ3) is 7.09. The van der Waals surface area contributed by atoms with Crippen LogP contribution in [0.1, 0.15) is 19.8 Å². The Morgan fingerprint density at radius 1 is 0.923 bits per heavy atom. The van der Waals surface area contributed by atoms with Crippen molar-refractivity contribution in [3.05, 3.63) is 54.3 Å². The van der Waals surface area contributed by atoms with Gasteiger partial charge in [-0.05, 0) is 49.4 Å². The van der Waals surface area contributed by atoms with Gasteiger partial charge < -0.3 is 19.4 Å². The average molecular weight is 535 g/mol. The fraction of sp³-hybridized carbons (Fsp3) is 0.500. The number of para-hydroxylation sites is 1. The number of benzene rings is 2. The van der Waals surface area contributed by atoms with E-state index in [1.165, 1.54) is 12.1 Å². The van der Waals surface area contributed by atoms with E-state index in [1.807, 2.05) is 29.2 Å². The zero-order chi connectivity index (χ0) is 27.0. The van der Waals surface area contributed by atoms with Crippen LogP contribution in [0.25, 0.3) is 22.3 Å². The molecule has 0 saturated carbocycles. The van der Waals surface area contributed by atoms with Crippen molar-refractivity contribution in [2.24, 2.45) is 0 Å². The van der Waals surface area contributed by atoms with Crippen LogP contribution in [0.3, 0.4) is 0 Å². The quantitative estimate of drug-likeness (QED) is 0.394. The van der Waals surface area contributed by atoms with Crippen molar-refractivity contribution in [1.29, 1.82) is 0 Å². The molecule has 8 nitrogen and oxygen atoms in total. The van der Waals surface area contributed by atoms with Gasteiger partial charge in [0.25, 0.3) is 0 Å². The van der Waals surface area contributed by atoms with Gasteiger partial charge in [0.1, 0.15) is 11.6 Å². The zero-order valence-corrected chi connectivity index (χ0v) is 22.9. The lowest BCUT2D eigenvalue weighted by Gasteiger charge is -2.35. The molecule has 0 unspecified atom stereocenters. The number of anilines is 1. The van der Waals surface area contributed by atoms with Gasteiger partial charge >= 0.3 is 0 Å². The van der Waals surface area contributed by atoms with Crippen LogP contribution in [0, 0.1) is 5.82 Å². The molecule has 3 heterocycles. The topological polar surface area (TPSA) is 65.0 Å². The Morgan fingerprint density at radius 2 is 1.67 bits per heavy atom. The fourth-order valence-electron chi connectivity index (χ4n) is 5.36. The summed E-state index contributed by atoms with van der Waals surface area (Å²) in [6.45, 7) is 12.4. The number of carbonyl (C=O) groups excluding carboxylic acids is 1. The van der Waals surface area contributed by atoms with E-state index in [0.29, 0.717) is 18.8 Å². The number of carbonyl (C=O) groups is 1. The van der Waals surface area contributed by atoms with E-state index >= 15 is 0 Å². The van der Waals surface area contributed by atoms with Crippen LogP contribution in [0.4, 0.5) is 10.2 Å². The fourth-order valence-corrected chi connectivity index (χ4v) is 5.36. The first-order valence-electron chi connectivity index (χ1n) is 14.2. The Kier molecular flexibility index (Phi) is 9.34. The molecule has 0 N–H and O–H groups in total. The highest BCUT2D eigenvalue weighted by Crippen LogP contribution is 2.28. The number of amides is 1. The van der Waals surface area contributed by atoms with Crippen molar-refractivity contribution < 1.29 is 13.9 Å². The molecule has 5 rings (SSSR count). The standard InChI is InChI=1S/C30H39FN6O2/c1-2-34-16-18-36(19-17-34)28(38)12-15-37(14-5-13-35-20-22-39-23-21-35)30-26-6-3-4-7-27(26)32-29(33-30)24-8-10-25(31)11-9-24/h3-4,6-11H,2,5,12-23H2,1H3. The van der Waals surface area contributed by atoms with Gasteiger partial charge in [-0.15, -0.1) is 0 Å². The lowest BCUT2D eigenvalue weighted by molar-refractivity contribution is -0.132. The lowest BCUT2D eigenvalue weighted by Crippen LogP contribution is -2.49. The minimum Gasteiger partial charge on any atom is -0.379 e. The largest absolute Gasteiger partial charge is 0.379 e. The molecule has 9 heteroatoms. The van der Waals surface area contributed by atoms with Crippen molar-refractivity contribution in [2.75, 3.05) is 83.6 Å². The van der Waals surface area contributed by atoms with E-state index in [4.69, 9.17) is 14.7 Å². The minimum atomic E-state index is -0.289. The van der Waals surface area contributed by atoms with Crippen molar-refractivity contribution in [2.45, 2.75) is 19.8 Å². The van der Waals surface area contributed by atoms with Crippen LogP contribution in [0.2, 0.25) is 0 Å². The number of piperazine rings is 1. The van der Waals surface area contributed by atoms with Crippen LogP contribution < -0.4 is 4.90 Å². The molecule has 3 aromatic rings. The highest BCUT2D eigenvalue weighted by Gasteiger charge is 2.22. The molecular formula is C30H39FN6O2. The Morgan fingerprint density at radius 3 is 2.41 bits per heavy atom. The molecule has 0 spiro atoms. The van der Waals surface area contributed by atoms with Gasteiger partial charge in [-0.2, -0.15) is 0 Å². The Hall–Kier alpha value is -3.14. The number of aromatic nitrogens is 2. The van der Waals surface area contributed by atoms with Crippen molar-refractivity contribution in [3.8, 4) is 11.4 Å². The number of rotatable bonds is 10. The molecular weight excluding hydrogens is 495 g/mol. The summed E-state index contributed by atoms with van der Waals surface area (Å²) in [4.78, 5) is 32.1. The van der Waals surface area contributed by atoms with Gasteiger partial charge in [0.05, 0.1) is 18.7 Å². The summed E-state index contributed by atoms with van der Waals surface area (Å²) in [5, 5.41) is 0.957. The smallest absolute Gasteiger partial charge is 0.224 e. The van der Waals surface area contributed by atoms with Gasteiger partial charge in [-0.3, -0.25) is 9.69 Å². The number of fused-ring (bicyclic) bond motifs is 1. The van der Waals surface area contributed by atoms with E-state index < -0.39 is 0 Å². The summed E-state index contributed by atoms with van der Waals surface area (Å²) < 4.78 is 19.1. The first-order valence-corrected chi connectivity index (χ1v) is 14.2. The maximum Gasteiger partial charge on any atom is 0.224 e. The number of ether oxygens (including phenoxy) is 1. The van der Waals surface area contributed by atoms with Crippen molar-refractivity contribution in [3.63, 3.8) is 0 Å². The molecule has 208 valence electrons. The second-order valence-corrected chi connectivity index (χ2v) is 10.3. The maximum absolute atomic E-state index is 13.6. The summed E-state index contributed by atoms with van der Waals surface area (Å²) in [6.07, 6.45) is 1.39. The van der Waals surface area contributed by atoms with Crippen LogP contribution in [-0.4, -0.2) is 109 Å². The summed E-state index contributed by atoms with van der Waals surface area (Å²) in [5.41, 5.74) is 1.60. The Balaban J connectivity index is 1.38. The predicted molar refractivity (Wildman–Crippen MR) is 152 cm³/mol. The monoisotopic (exact) mass is 534 g/mol. The minimum absolute atomic E-state index is 0.195. The summed E-state index contributed by atoms with van der Waals surface area (Å²) in [6, 6.07) is 14.3. The number of hydrogen-bond acceptors (Lipinski definition) is 7. The molecule has 39 heavy (non-hydrogen) atoms. The van der Waals surface area contributed by atoms with Gasteiger partial charge in [-0.25, -0.2) is 14.4 Å². The van der Waals surface area contributed by atoms with E-state index in [9.17, 15) is 9.18 Å². The van der Waals surface area contributed by atoms with Gasteiger partial charge in [-0.1, -0.05) is 19.1 Å². The zero-order valence-electron chi connectivity index (χ0n) is 22.9. The number of hydrogen-bond donors (Lipinski definition) is 0. The molecule has 0 aliphatic carbocycles. The third-order valence-corrected chi connectivity index (χ3v) is 7.76. The Labute approximate surface area is 230 Å². The Bertz CT molecular complexity index is 1230. The highest BCUT2D eigenvalue weighted by atomic mass is 19.1. The number of nitrogens with zero attached hydrogens (tertiary/aromatic N) is 6. The second-order valence-electron chi connectivity index (χ2n) is 10.3. The first-order chi connectivity index (χ1) is 19.1. The summed E-state index contributed by atoms with van der Waals surface area (Å²) in [7, 11) is 0. The molecule has 1 aromatic heterocycles. The second kappa shape index (κ2) is 13.3. The molecule has 0 radical (unpaired) electrons. The lowest BCUT2D eigenvalue weighted by atomic mass is 10.1. The van der Waals surface area contributed by atoms with Crippen LogP contribution in [0.5, 0.6) is 0 Å². The van der Waals surface area contributed by atoms with Crippen LogP contribution >= 0.6 is 0 Å². The van der Waals surface area contributed by atoms with Gasteiger partial charge in [0.15, 0.2) is 5.82 Å². The van der Waals surface area contributed by atoms with E-state index in [1.54, 1.807) is 12.1 Å². The molecule has 2 saturated heterocycles. The molecule has 2 aliphatic rings. The molecule has 1 amide bonds. The SMILES string of the molecule is CCN1CCN(C(=O)CCN(CCCN2CCOCC2)c2nc(-c3ccc(F)cc3)nc3ccccc23)CC1. The molecule has 0 bridgehead atoms. The molecule has 2 aliphatic heterocycles. The van der Waals surface area contributed by atoms with Gasteiger partial charge in [0.2, 0.25) is 5.91 Å². The van der Waals surface area contributed by atoms with Crippen molar-refractivity contribution >= 4 is 22.6 Å². The van der Waals surface area contributed by atoms with E-state index in [2.05, 4.69) is 21.6 Å².